The van der Waals surface area contributed by atoms with Crippen molar-refractivity contribution in [2.75, 3.05) is 0 Å². The van der Waals surface area contributed by atoms with Gasteiger partial charge in [-0.25, -0.2) is 9.78 Å². The molecule has 0 aliphatic heterocycles. The Hall–Kier alpha value is -1.69. The maximum absolute atomic E-state index is 10.9. The molecule has 16 heavy (non-hydrogen) atoms. The molecule has 3 rings (SSSR count). The summed E-state index contributed by atoms with van der Waals surface area (Å²) >= 11 is 1.57. The maximum Gasteiger partial charge on any atom is 0.356 e. The number of hydrogen-bond donors (Lipinski definition) is 2. The van der Waals surface area contributed by atoms with E-state index in [0.29, 0.717) is 5.92 Å². The lowest BCUT2D eigenvalue weighted by atomic mass is 10.0. The number of nitrogens with one attached hydrogen (secondary N) is 1. The topological polar surface area (TPSA) is 78.9 Å². The van der Waals surface area contributed by atoms with Crippen LogP contribution in [0.15, 0.2) is 10.9 Å². The first-order chi connectivity index (χ1) is 7.75. The fourth-order valence-electron chi connectivity index (χ4n) is 2.16. The van der Waals surface area contributed by atoms with E-state index >= 15 is 0 Å². The van der Waals surface area contributed by atoms with Gasteiger partial charge in [-0.15, -0.1) is 11.3 Å². The van der Waals surface area contributed by atoms with E-state index in [9.17, 15) is 4.79 Å². The number of carbonyl (C=O) groups is 1. The number of rotatable bonds is 2. The minimum absolute atomic E-state index is 0.160. The highest BCUT2D eigenvalue weighted by Crippen LogP contribution is 2.34. The molecule has 0 saturated heterocycles. The zero-order valence-corrected chi connectivity index (χ0v) is 9.12. The molecule has 0 radical (unpaired) electrons. The SMILES string of the molecule is O=C(O)c1n[nH]c2c1CC(c1cscn1)C2. The Labute approximate surface area is 95.2 Å². The van der Waals surface area contributed by atoms with Gasteiger partial charge in [0.1, 0.15) is 0 Å². The van der Waals surface area contributed by atoms with Gasteiger partial charge in [0.05, 0.1) is 11.2 Å². The van der Waals surface area contributed by atoms with Crippen LogP contribution in [-0.2, 0) is 12.8 Å². The van der Waals surface area contributed by atoms with Gasteiger partial charge in [0.15, 0.2) is 5.69 Å². The fraction of sp³-hybridized carbons (Fsp3) is 0.300. The molecular weight excluding hydrogens is 226 g/mol. The average molecular weight is 235 g/mol. The van der Waals surface area contributed by atoms with Gasteiger partial charge in [-0.3, -0.25) is 5.10 Å². The number of thiazole rings is 1. The zero-order valence-electron chi connectivity index (χ0n) is 8.30. The molecule has 0 spiro atoms. The molecule has 1 atom stereocenters. The lowest BCUT2D eigenvalue weighted by molar-refractivity contribution is 0.0689. The highest BCUT2D eigenvalue weighted by atomic mass is 32.1. The molecule has 0 amide bonds. The highest BCUT2D eigenvalue weighted by molar-refractivity contribution is 7.07. The van der Waals surface area contributed by atoms with Crippen LogP contribution in [0.2, 0.25) is 0 Å². The average Bonchev–Trinajstić information content (AvgIpc) is 2.92. The highest BCUT2D eigenvalue weighted by Gasteiger charge is 2.30. The number of aromatic amines is 1. The van der Waals surface area contributed by atoms with Crippen LogP contribution in [0, 0.1) is 0 Å². The smallest absolute Gasteiger partial charge is 0.356 e. The van der Waals surface area contributed by atoms with Crippen LogP contribution in [0.3, 0.4) is 0 Å². The lowest BCUT2D eigenvalue weighted by Gasteiger charge is -2.04. The first-order valence-corrected chi connectivity index (χ1v) is 5.87. The summed E-state index contributed by atoms with van der Waals surface area (Å²) in [6.07, 6.45) is 1.52. The minimum Gasteiger partial charge on any atom is -0.476 e. The van der Waals surface area contributed by atoms with Crippen molar-refractivity contribution in [3.05, 3.63) is 33.5 Å². The summed E-state index contributed by atoms with van der Waals surface area (Å²) in [5.74, 6) is -0.662. The number of aromatic carboxylic acids is 1. The standard InChI is InChI=1S/C10H9N3O2S/c14-10(15)9-6-1-5(2-7(6)12-13-9)8-3-16-4-11-8/h3-5H,1-2H2,(H,12,13)(H,14,15). The summed E-state index contributed by atoms with van der Waals surface area (Å²) in [6, 6.07) is 0. The van der Waals surface area contributed by atoms with Crippen molar-refractivity contribution in [2.24, 2.45) is 0 Å². The predicted molar refractivity (Wildman–Crippen MR) is 57.8 cm³/mol. The molecule has 82 valence electrons. The molecule has 5 nitrogen and oxygen atoms in total. The number of H-pyrrole nitrogens is 1. The molecule has 1 aliphatic rings. The second-order valence-corrected chi connectivity index (χ2v) is 4.57. The Morgan fingerprint density at radius 1 is 1.56 bits per heavy atom. The van der Waals surface area contributed by atoms with E-state index in [1.54, 1.807) is 16.8 Å². The summed E-state index contributed by atoms with van der Waals surface area (Å²) in [5.41, 5.74) is 4.79. The van der Waals surface area contributed by atoms with Crippen molar-refractivity contribution >= 4 is 17.3 Å². The molecule has 1 aliphatic carbocycles. The van der Waals surface area contributed by atoms with Gasteiger partial charge in [0.2, 0.25) is 0 Å². The number of aromatic nitrogens is 3. The zero-order chi connectivity index (χ0) is 11.1. The summed E-state index contributed by atoms with van der Waals surface area (Å²) in [4.78, 5) is 15.2. The summed E-state index contributed by atoms with van der Waals surface area (Å²) in [7, 11) is 0. The summed E-state index contributed by atoms with van der Waals surface area (Å²) in [5, 5.41) is 17.6. The number of carboxylic acid groups (broad SMARTS) is 1. The van der Waals surface area contributed by atoms with E-state index in [-0.39, 0.29) is 5.69 Å². The predicted octanol–water partition coefficient (Wildman–Crippen LogP) is 1.45. The molecule has 1 unspecified atom stereocenters. The fourth-order valence-corrected chi connectivity index (χ4v) is 2.80. The Balaban J connectivity index is 1.92. The second kappa shape index (κ2) is 3.41. The largest absolute Gasteiger partial charge is 0.476 e. The van der Waals surface area contributed by atoms with Gasteiger partial charge >= 0.3 is 5.97 Å². The molecule has 2 aromatic rings. The van der Waals surface area contributed by atoms with E-state index in [1.165, 1.54) is 0 Å². The van der Waals surface area contributed by atoms with E-state index in [2.05, 4.69) is 15.2 Å². The molecule has 0 bridgehead atoms. The Morgan fingerprint density at radius 3 is 3.12 bits per heavy atom. The maximum atomic E-state index is 10.9. The number of carboxylic acids is 1. The van der Waals surface area contributed by atoms with Gasteiger partial charge in [-0.1, -0.05) is 0 Å². The van der Waals surface area contributed by atoms with Crippen molar-refractivity contribution in [1.82, 2.24) is 15.2 Å². The van der Waals surface area contributed by atoms with Gasteiger partial charge in [0.25, 0.3) is 0 Å². The monoisotopic (exact) mass is 235 g/mol. The van der Waals surface area contributed by atoms with Crippen LogP contribution in [-0.4, -0.2) is 26.3 Å². The van der Waals surface area contributed by atoms with E-state index in [4.69, 9.17) is 5.11 Å². The molecule has 0 saturated carbocycles. The number of hydrogen-bond acceptors (Lipinski definition) is 4. The minimum atomic E-state index is -0.962. The molecule has 2 N–H and O–H groups in total. The quantitative estimate of drug-likeness (QED) is 0.825. The summed E-state index contributed by atoms with van der Waals surface area (Å²) in [6.45, 7) is 0. The number of fused-ring (bicyclic) bond motifs is 1. The van der Waals surface area contributed by atoms with Gasteiger partial charge in [-0.05, 0) is 12.8 Å². The van der Waals surface area contributed by atoms with Gasteiger partial charge in [-0.2, -0.15) is 5.10 Å². The normalized spacial score (nSPS) is 18.6. The van der Waals surface area contributed by atoms with Crippen LogP contribution in [0.4, 0.5) is 0 Å². The second-order valence-electron chi connectivity index (χ2n) is 3.85. The first-order valence-electron chi connectivity index (χ1n) is 4.93. The Bertz CT molecular complexity index is 532. The van der Waals surface area contributed by atoms with E-state index in [1.807, 2.05) is 5.38 Å². The van der Waals surface area contributed by atoms with Gasteiger partial charge in [0, 0.05) is 22.6 Å². The van der Waals surface area contributed by atoms with Crippen molar-refractivity contribution in [3.63, 3.8) is 0 Å². The van der Waals surface area contributed by atoms with Gasteiger partial charge < -0.3 is 5.11 Å². The van der Waals surface area contributed by atoms with Crippen molar-refractivity contribution in [3.8, 4) is 0 Å². The molecular formula is C10H9N3O2S. The Morgan fingerprint density at radius 2 is 2.44 bits per heavy atom. The third kappa shape index (κ3) is 1.34. The molecule has 0 aromatic carbocycles. The van der Waals surface area contributed by atoms with Crippen LogP contribution in [0.1, 0.15) is 33.4 Å². The molecule has 6 heteroatoms. The number of nitrogens with zero attached hydrogens (tertiary/aromatic N) is 2. The third-order valence-electron chi connectivity index (χ3n) is 2.93. The molecule has 2 aromatic heterocycles. The molecule has 2 heterocycles. The van der Waals surface area contributed by atoms with Crippen molar-refractivity contribution in [2.45, 2.75) is 18.8 Å². The van der Waals surface area contributed by atoms with Crippen LogP contribution < -0.4 is 0 Å². The lowest BCUT2D eigenvalue weighted by Crippen LogP contribution is -2.04. The van der Waals surface area contributed by atoms with Crippen LogP contribution >= 0.6 is 11.3 Å². The van der Waals surface area contributed by atoms with Crippen molar-refractivity contribution in [1.29, 1.82) is 0 Å². The third-order valence-corrected chi connectivity index (χ3v) is 3.53. The van der Waals surface area contributed by atoms with Crippen LogP contribution in [0.25, 0.3) is 0 Å². The van der Waals surface area contributed by atoms with Crippen molar-refractivity contribution < 1.29 is 9.90 Å². The summed E-state index contributed by atoms with van der Waals surface area (Å²) < 4.78 is 0. The van der Waals surface area contributed by atoms with E-state index < -0.39 is 5.97 Å². The van der Waals surface area contributed by atoms with E-state index in [0.717, 1.165) is 29.8 Å². The first kappa shape index (κ1) is 9.53. The Kier molecular flexibility index (Phi) is 2.03. The molecule has 0 fully saturated rings. The van der Waals surface area contributed by atoms with Crippen LogP contribution in [0.5, 0.6) is 0 Å².